The summed E-state index contributed by atoms with van der Waals surface area (Å²) in [6, 6.07) is 2.39. The van der Waals surface area contributed by atoms with Crippen molar-refractivity contribution in [2.45, 2.75) is 24.4 Å². The van der Waals surface area contributed by atoms with Gasteiger partial charge in [0.2, 0.25) is 5.91 Å². The second kappa shape index (κ2) is 5.19. The molecule has 0 aromatic carbocycles. The Labute approximate surface area is 127 Å². The van der Waals surface area contributed by atoms with Crippen molar-refractivity contribution >= 4 is 11.9 Å². The summed E-state index contributed by atoms with van der Waals surface area (Å²) in [6.07, 6.45) is -4.45. The number of aromatic nitrogens is 2. The fraction of sp³-hybridized carbons (Fsp3) is 0.462. The highest BCUT2D eigenvalue weighted by Crippen LogP contribution is 2.56. The minimum Gasteiger partial charge on any atom is -0.337 e. The topological polar surface area (TPSA) is 108 Å². The Morgan fingerprint density at radius 3 is 2.61 bits per heavy atom. The molecule has 0 radical (unpaired) electrons. The maximum Gasteiger partial charge on any atom is 0.392 e. The Morgan fingerprint density at radius 1 is 1.30 bits per heavy atom. The number of nitrogens with one attached hydrogen (secondary N) is 2. The van der Waals surface area contributed by atoms with Gasteiger partial charge in [0.05, 0.1) is 17.5 Å². The van der Waals surface area contributed by atoms with Crippen molar-refractivity contribution in [2.24, 2.45) is 5.92 Å². The summed E-state index contributed by atoms with van der Waals surface area (Å²) >= 11 is 0. The van der Waals surface area contributed by atoms with E-state index in [-0.39, 0.29) is 29.9 Å². The third-order valence-electron chi connectivity index (χ3n) is 3.94. The predicted molar refractivity (Wildman–Crippen MR) is 67.9 cm³/mol. The highest BCUT2D eigenvalue weighted by molar-refractivity contribution is 6.00. The van der Waals surface area contributed by atoms with Gasteiger partial charge < -0.3 is 5.32 Å². The normalized spacial score (nSPS) is 27.0. The number of carbonyl (C=O) groups excluding carboxylic acids is 2. The number of amides is 3. The van der Waals surface area contributed by atoms with Crippen LogP contribution in [0.15, 0.2) is 6.07 Å². The number of halogens is 3. The van der Waals surface area contributed by atoms with Crippen molar-refractivity contribution in [3.05, 3.63) is 23.0 Å². The maximum absolute atomic E-state index is 12.7. The summed E-state index contributed by atoms with van der Waals surface area (Å²) in [4.78, 5) is 22.8. The summed E-state index contributed by atoms with van der Waals surface area (Å²) in [7, 11) is 0. The molecule has 2 heterocycles. The molecule has 120 valence electrons. The fourth-order valence-corrected chi connectivity index (χ4v) is 2.63. The molecule has 0 spiro atoms. The largest absolute Gasteiger partial charge is 0.392 e. The number of imide groups is 1. The SMILES string of the molecule is N#Cc1nnc(C2CNC(=O)NC2=O)cc1[C@H]1C[C@@H]1C(F)(F)F. The van der Waals surface area contributed by atoms with Gasteiger partial charge in [0.25, 0.3) is 0 Å². The van der Waals surface area contributed by atoms with Crippen LogP contribution >= 0.6 is 0 Å². The average Bonchev–Trinajstić information content (AvgIpc) is 3.27. The lowest BCUT2D eigenvalue weighted by Gasteiger charge is -2.21. The van der Waals surface area contributed by atoms with E-state index < -0.39 is 35.9 Å². The van der Waals surface area contributed by atoms with Crippen LogP contribution in [0.4, 0.5) is 18.0 Å². The third kappa shape index (κ3) is 2.81. The van der Waals surface area contributed by atoms with Crippen molar-refractivity contribution in [3.63, 3.8) is 0 Å². The van der Waals surface area contributed by atoms with Crippen LogP contribution in [-0.2, 0) is 4.79 Å². The average molecular weight is 325 g/mol. The van der Waals surface area contributed by atoms with E-state index in [2.05, 4.69) is 20.8 Å². The van der Waals surface area contributed by atoms with Crippen LogP contribution in [0.25, 0.3) is 0 Å². The fourth-order valence-electron chi connectivity index (χ4n) is 2.63. The van der Waals surface area contributed by atoms with E-state index in [4.69, 9.17) is 5.26 Å². The van der Waals surface area contributed by atoms with Gasteiger partial charge in [-0.3, -0.25) is 10.1 Å². The molecule has 2 N–H and O–H groups in total. The van der Waals surface area contributed by atoms with Crippen LogP contribution in [-0.4, -0.2) is 34.9 Å². The smallest absolute Gasteiger partial charge is 0.337 e. The van der Waals surface area contributed by atoms with E-state index in [0.29, 0.717) is 0 Å². The van der Waals surface area contributed by atoms with Crippen LogP contribution in [0.2, 0.25) is 0 Å². The van der Waals surface area contributed by atoms with Gasteiger partial charge in [-0.25, -0.2) is 4.79 Å². The minimum absolute atomic E-state index is 0.0297. The quantitative estimate of drug-likeness (QED) is 0.841. The highest BCUT2D eigenvalue weighted by Gasteiger charge is 2.57. The van der Waals surface area contributed by atoms with Crippen LogP contribution < -0.4 is 10.6 Å². The predicted octanol–water partition coefficient (Wildman–Crippen LogP) is 0.937. The molecular weight excluding hydrogens is 315 g/mol. The van der Waals surface area contributed by atoms with E-state index in [1.807, 2.05) is 0 Å². The first-order valence-electron chi connectivity index (χ1n) is 6.74. The molecule has 0 bridgehead atoms. The Morgan fingerprint density at radius 2 is 2.04 bits per heavy atom. The minimum atomic E-state index is -4.34. The molecule has 10 heteroatoms. The molecule has 7 nitrogen and oxygen atoms in total. The van der Waals surface area contributed by atoms with E-state index in [1.54, 1.807) is 6.07 Å². The second-order valence-electron chi connectivity index (χ2n) is 5.43. The van der Waals surface area contributed by atoms with Crippen molar-refractivity contribution in [2.75, 3.05) is 6.54 Å². The van der Waals surface area contributed by atoms with Crippen molar-refractivity contribution in [1.82, 2.24) is 20.8 Å². The van der Waals surface area contributed by atoms with Gasteiger partial charge in [0.1, 0.15) is 6.07 Å². The van der Waals surface area contributed by atoms with Crippen LogP contribution in [0.3, 0.4) is 0 Å². The number of rotatable bonds is 2. The lowest BCUT2D eigenvalue weighted by molar-refractivity contribution is -0.148. The second-order valence-corrected chi connectivity index (χ2v) is 5.43. The Kier molecular flexibility index (Phi) is 3.43. The summed E-state index contributed by atoms with van der Waals surface area (Å²) in [5, 5.41) is 20.8. The molecule has 1 aromatic heterocycles. The Hall–Kier alpha value is -2.70. The molecule has 3 atom stereocenters. The van der Waals surface area contributed by atoms with Crippen molar-refractivity contribution in [1.29, 1.82) is 5.26 Å². The first-order valence-corrected chi connectivity index (χ1v) is 6.74. The zero-order chi connectivity index (χ0) is 16.8. The molecule has 3 amide bonds. The van der Waals surface area contributed by atoms with Gasteiger partial charge in [-0.2, -0.15) is 23.5 Å². The monoisotopic (exact) mass is 325 g/mol. The molecule has 1 aliphatic carbocycles. The van der Waals surface area contributed by atoms with Crippen molar-refractivity contribution < 1.29 is 22.8 Å². The number of alkyl halides is 3. The molecule has 23 heavy (non-hydrogen) atoms. The number of hydrogen-bond donors (Lipinski definition) is 2. The summed E-state index contributed by atoms with van der Waals surface area (Å²) in [5.41, 5.74) is 0.0969. The number of urea groups is 1. The number of carbonyl (C=O) groups is 2. The van der Waals surface area contributed by atoms with Gasteiger partial charge in [0, 0.05) is 6.54 Å². The molecule has 3 rings (SSSR count). The summed E-state index contributed by atoms with van der Waals surface area (Å²) in [6.45, 7) is -0.0297. The lowest BCUT2D eigenvalue weighted by Crippen LogP contribution is -2.51. The lowest BCUT2D eigenvalue weighted by atomic mass is 9.98. The van der Waals surface area contributed by atoms with Crippen LogP contribution in [0.5, 0.6) is 0 Å². The van der Waals surface area contributed by atoms with E-state index in [1.165, 1.54) is 6.07 Å². The van der Waals surface area contributed by atoms with Crippen LogP contribution in [0.1, 0.15) is 35.2 Å². The Balaban J connectivity index is 1.90. The highest BCUT2D eigenvalue weighted by atomic mass is 19.4. The van der Waals surface area contributed by atoms with Gasteiger partial charge >= 0.3 is 12.2 Å². The third-order valence-corrected chi connectivity index (χ3v) is 3.94. The standard InChI is InChI=1S/C13H10F3N5O2/c14-13(15,16)8-1-5(8)6-2-9(20-21-10(6)3-17)7-4-18-12(23)19-11(7)22/h2,5,7-8H,1,4H2,(H2,18,19,22,23)/t5-,7?,8+/m1/s1. The Bertz CT molecular complexity index is 727. The number of nitrogens with zero attached hydrogens (tertiary/aromatic N) is 3. The van der Waals surface area contributed by atoms with Gasteiger partial charge in [0.15, 0.2) is 5.69 Å². The zero-order valence-corrected chi connectivity index (χ0v) is 11.5. The zero-order valence-electron chi connectivity index (χ0n) is 11.5. The molecule has 1 saturated heterocycles. The van der Waals surface area contributed by atoms with E-state index in [0.717, 1.165) is 0 Å². The molecule has 1 aliphatic heterocycles. The van der Waals surface area contributed by atoms with Gasteiger partial charge in [-0.15, -0.1) is 5.10 Å². The number of nitriles is 1. The summed E-state index contributed by atoms with van der Waals surface area (Å²) in [5.74, 6) is -3.82. The van der Waals surface area contributed by atoms with Crippen LogP contribution in [0, 0.1) is 17.2 Å². The van der Waals surface area contributed by atoms with Crippen molar-refractivity contribution in [3.8, 4) is 6.07 Å². The number of hydrogen-bond acceptors (Lipinski definition) is 5. The molecule has 1 unspecified atom stereocenters. The van der Waals surface area contributed by atoms with Gasteiger partial charge in [-0.05, 0) is 24.0 Å². The van der Waals surface area contributed by atoms with E-state index >= 15 is 0 Å². The molecule has 1 aromatic rings. The first kappa shape index (κ1) is 15.2. The molecule has 2 fully saturated rings. The summed E-state index contributed by atoms with van der Waals surface area (Å²) < 4.78 is 38.2. The molecule has 2 aliphatic rings. The first-order chi connectivity index (χ1) is 10.8. The molecular formula is C13H10F3N5O2. The molecule has 1 saturated carbocycles. The van der Waals surface area contributed by atoms with Gasteiger partial charge in [-0.1, -0.05) is 0 Å². The van der Waals surface area contributed by atoms with E-state index in [9.17, 15) is 22.8 Å². The maximum atomic E-state index is 12.7.